The number of hydrogen-bond donors (Lipinski definition) is 2. The largest absolute Gasteiger partial charge is 0.382 e. The maximum absolute atomic E-state index is 13.6. The summed E-state index contributed by atoms with van der Waals surface area (Å²) in [7, 11) is 1.95. The van der Waals surface area contributed by atoms with E-state index in [1.54, 1.807) is 12.3 Å². The molecule has 3 heterocycles. The molecule has 0 amide bonds. The molecular weight excluding hydrogens is 429 g/mol. The second-order valence-corrected chi connectivity index (χ2v) is 8.41. The lowest BCUT2D eigenvalue weighted by molar-refractivity contribution is 0.0904. The van der Waals surface area contributed by atoms with Gasteiger partial charge >= 0.3 is 0 Å². The van der Waals surface area contributed by atoms with Gasteiger partial charge in [0, 0.05) is 66.0 Å². The van der Waals surface area contributed by atoms with Gasteiger partial charge < -0.3 is 19.9 Å². The minimum absolute atomic E-state index is 0.310. The number of halogens is 2. The van der Waals surface area contributed by atoms with E-state index in [9.17, 15) is 4.39 Å². The van der Waals surface area contributed by atoms with E-state index in [0.29, 0.717) is 22.7 Å². The third kappa shape index (κ3) is 4.40. The molecule has 2 aromatic carbocycles. The maximum Gasteiger partial charge on any atom is 0.229 e. The van der Waals surface area contributed by atoms with E-state index < -0.39 is 5.82 Å². The lowest BCUT2D eigenvalue weighted by atomic mass is 10.1. The van der Waals surface area contributed by atoms with Crippen LogP contribution in [-0.4, -0.2) is 33.8 Å². The van der Waals surface area contributed by atoms with Crippen molar-refractivity contribution in [2.75, 3.05) is 23.8 Å². The Kier molecular flexibility index (Phi) is 5.68. The first-order chi connectivity index (χ1) is 15.5. The number of fused-ring (bicyclic) bond motifs is 1. The molecule has 1 fully saturated rings. The predicted octanol–water partition coefficient (Wildman–Crippen LogP) is 5.76. The zero-order valence-electron chi connectivity index (χ0n) is 17.6. The molecular formula is C24H23ClFN5O. The minimum atomic E-state index is -0.419. The van der Waals surface area contributed by atoms with Gasteiger partial charge in [0.15, 0.2) is 0 Å². The molecule has 164 valence electrons. The van der Waals surface area contributed by atoms with Crippen molar-refractivity contribution in [3.05, 3.63) is 65.7 Å². The van der Waals surface area contributed by atoms with Gasteiger partial charge in [-0.1, -0.05) is 23.7 Å². The van der Waals surface area contributed by atoms with Gasteiger partial charge in [0.2, 0.25) is 5.95 Å². The van der Waals surface area contributed by atoms with Crippen LogP contribution in [0.5, 0.6) is 0 Å². The standard InChI is InChI=1S/C24H23ClFN5O/c1-31-14-22(15-2-4-18(5-3-15)28-19-6-8-32-9-7-19)21-13-27-24(30-23(21)31)29-20-11-16(25)10-17(26)12-20/h2-5,10-14,19,28H,6-9H2,1H3,(H,27,29,30). The van der Waals surface area contributed by atoms with E-state index in [4.69, 9.17) is 16.3 Å². The SMILES string of the molecule is Cn1cc(-c2ccc(NC3CCOCC3)cc2)c2cnc(Nc3cc(F)cc(Cl)c3)nc21. The van der Waals surface area contributed by atoms with Gasteiger partial charge in [-0.25, -0.2) is 9.37 Å². The number of anilines is 3. The fourth-order valence-electron chi connectivity index (χ4n) is 4.03. The van der Waals surface area contributed by atoms with Crippen LogP contribution < -0.4 is 10.6 Å². The van der Waals surface area contributed by atoms with Crippen molar-refractivity contribution < 1.29 is 9.13 Å². The van der Waals surface area contributed by atoms with Crippen molar-refractivity contribution >= 4 is 40.0 Å². The van der Waals surface area contributed by atoms with Crippen LogP contribution in [0.15, 0.2) is 54.9 Å². The third-order valence-electron chi connectivity index (χ3n) is 5.62. The number of benzene rings is 2. The van der Waals surface area contributed by atoms with Crippen molar-refractivity contribution in [3.63, 3.8) is 0 Å². The number of hydrogen-bond acceptors (Lipinski definition) is 5. The lowest BCUT2D eigenvalue weighted by Gasteiger charge is -2.24. The van der Waals surface area contributed by atoms with E-state index in [0.717, 1.165) is 53.9 Å². The quantitative estimate of drug-likeness (QED) is 0.403. The van der Waals surface area contributed by atoms with Crippen molar-refractivity contribution in [1.29, 1.82) is 0 Å². The van der Waals surface area contributed by atoms with Crippen LogP contribution in [0.1, 0.15) is 12.8 Å². The van der Waals surface area contributed by atoms with Crippen LogP contribution in [-0.2, 0) is 11.8 Å². The molecule has 2 N–H and O–H groups in total. The van der Waals surface area contributed by atoms with Gasteiger partial charge in [0.25, 0.3) is 0 Å². The molecule has 1 aliphatic heterocycles. The van der Waals surface area contributed by atoms with Crippen LogP contribution >= 0.6 is 11.6 Å². The first kappa shape index (κ1) is 20.7. The summed E-state index contributed by atoms with van der Waals surface area (Å²) in [5.41, 5.74) is 4.54. The van der Waals surface area contributed by atoms with E-state index in [1.807, 2.05) is 17.8 Å². The third-order valence-corrected chi connectivity index (χ3v) is 5.84. The highest BCUT2D eigenvalue weighted by atomic mass is 35.5. The van der Waals surface area contributed by atoms with Crippen molar-refractivity contribution in [2.45, 2.75) is 18.9 Å². The monoisotopic (exact) mass is 451 g/mol. The molecule has 0 spiro atoms. The Morgan fingerprint density at radius 2 is 1.88 bits per heavy atom. The zero-order valence-corrected chi connectivity index (χ0v) is 18.4. The van der Waals surface area contributed by atoms with Crippen LogP contribution in [0, 0.1) is 5.82 Å². The Balaban J connectivity index is 1.39. The van der Waals surface area contributed by atoms with Gasteiger partial charge in [-0.15, -0.1) is 0 Å². The molecule has 4 aromatic rings. The highest BCUT2D eigenvalue weighted by Crippen LogP contribution is 2.31. The molecule has 5 rings (SSSR count). The molecule has 0 radical (unpaired) electrons. The Bertz CT molecular complexity index is 1230. The molecule has 0 unspecified atom stereocenters. The summed E-state index contributed by atoms with van der Waals surface area (Å²) in [6, 6.07) is 13.1. The zero-order chi connectivity index (χ0) is 22.1. The van der Waals surface area contributed by atoms with Gasteiger partial charge in [-0.05, 0) is 48.7 Å². The summed E-state index contributed by atoms with van der Waals surface area (Å²) in [5, 5.41) is 7.86. The number of rotatable bonds is 5. The number of nitrogens with one attached hydrogen (secondary N) is 2. The number of aromatic nitrogens is 3. The van der Waals surface area contributed by atoms with Crippen molar-refractivity contribution in [2.24, 2.45) is 7.05 Å². The second kappa shape index (κ2) is 8.76. The number of aryl methyl sites for hydroxylation is 1. The maximum atomic E-state index is 13.6. The van der Waals surface area contributed by atoms with E-state index >= 15 is 0 Å². The summed E-state index contributed by atoms with van der Waals surface area (Å²) < 4.78 is 21.0. The highest BCUT2D eigenvalue weighted by molar-refractivity contribution is 6.30. The summed E-state index contributed by atoms with van der Waals surface area (Å²) in [5.74, 6) is -0.0417. The molecule has 1 aliphatic rings. The number of ether oxygens (including phenoxy) is 1. The van der Waals surface area contributed by atoms with E-state index in [1.165, 1.54) is 12.1 Å². The van der Waals surface area contributed by atoms with Crippen molar-refractivity contribution in [1.82, 2.24) is 14.5 Å². The fraction of sp³-hybridized carbons (Fsp3) is 0.250. The first-order valence-corrected chi connectivity index (χ1v) is 10.9. The van der Waals surface area contributed by atoms with Crippen LogP contribution in [0.25, 0.3) is 22.2 Å². The topological polar surface area (TPSA) is 64.0 Å². The predicted molar refractivity (Wildman–Crippen MR) is 126 cm³/mol. The summed E-state index contributed by atoms with van der Waals surface area (Å²) in [4.78, 5) is 9.05. The fourth-order valence-corrected chi connectivity index (χ4v) is 4.25. The Labute approximate surface area is 190 Å². The van der Waals surface area contributed by atoms with Crippen LogP contribution in [0.2, 0.25) is 5.02 Å². The highest BCUT2D eigenvalue weighted by Gasteiger charge is 2.15. The average Bonchev–Trinajstić information content (AvgIpc) is 3.10. The molecule has 0 saturated carbocycles. The van der Waals surface area contributed by atoms with Gasteiger partial charge in [0.05, 0.1) is 0 Å². The average molecular weight is 452 g/mol. The van der Waals surface area contributed by atoms with E-state index in [-0.39, 0.29) is 0 Å². The molecule has 1 saturated heterocycles. The molecule has 0 bridgehead atoms. The van der Waals surface area contributed by atoms with Gasteiger partial charge in [-0.3, -0.25) is 0 Å². The Hall–Kier alpha value is -3.16. The molecule has 0 aliphatic carbocycles. The van der Waals surface area contributed by atoms with Gasteiger partial charge in [-0.2, -0.15) is 4.98 Å². The number of nitrogens with zero attached hydrogens (tertiary/aromatic N) is 3. The lowest BCUT2D eigenvalue weighted by Crippen LogP contribution is -2.27. The molecule has 32 heavy (non-hydrogen) atoms. The van der Waals surface area contributed by atoms with Gasteiger partial charge in [0.1, 0.15) is 11.5 Å². The summed E-state index contributed by atoms with van der Waals surface area (Å²) in [6.45, 7) is 1.63. The van der Waals surface area contributed by atoms with Crippen molar-refractivity contribution in [3.8, 4) is 11.1 Å². The van der Waals surface area contributed by atoms with Crippen LogP contribution in [0.3, 0.4) is 0 Å². The normalized spacial score (nSPS) is 14.6. The molecule has 6 nitrogen and oxygen atoms in total. The minimum Gasteiger partial charge on any atom is -0.382 e. The second-order valence-electron chi connectivity index (χ2n) is 7.98. The van der Waals surface area contributed by atoms with Crippen LogP contribution in [0.4, 0.5) is 21.7 Å². The Morgan fingerprint density at radius 1 is 1.09 bits per heavy atom. The molecule has 2 aromatic heterocycles. The summed E-state index contributed by atoms with van der Waals surface area (Å²) >= 11 is 5.94. The first-order valence-electron chi connectivity index (χ1n) is 10.5. The summed E-state index contributed by atoms with van der Waals surface area (Å²) in [6.07, 6.45) is 5.89. The van der Waals surface area contributed by atoms with E-state index in [2.05, 4.69) is 44.9 Å². The molecule has 8 heteroatoms. The smallest absolute Gasteiger partial charge is 0.229 e. The molecule has 0 atom stereocenters. The Morgan fingerprint density at radius 3 is 2.62 bits per heavy atom.